The number of anilines is 1. The van der Waals surface area contributed by atoms with Crippen molar-refractivity contribution in [2.45, 2.75) is 6.54 Å². The van der Waals surface area contributed by atoms with Gasteiger partial charge in [0.25, 0.3) is 0 Å². The smallest absolute Gasteiger partial charge is 0.143 e. The Bertz CT molecular complexity index is 444. The molecule has 0 saturated carbocycles. The van der Waals surface area contributed by atoms with Gasteiger partial charge >= 0.3 is 0 Å². The minimum Gasteiger partial charge on any atom is -0.362 e. The fourth-order valence-corrected chi connectivity index (χ4v) is 1.81. The summed E-state index contributed by atoms with van der Waals surface area (Å²) in [5.41, 5.74) is 0. The molecular weight excluding hydrogens is 281 g/mol. The van der Waals surface area contributed by atoms with E-state index < -0.39 is 0 Å². The average molecular weight is 289 g/mol. The average Bonchev–Trinajstić information content (AvgIpc) is 2.69. The van der Waals surface area contributed by atoms with Gasteiger partial charge in [-0.15, -0.1) is 0 Å². The van der Waals surface area contributed by atoms with Crippen LogP contribution >= 0.6 is 27.5 Å². The van der Waals surface area contributed by atoms with Gasteiger partial charge in [-0.1, -0.05) is 11.6 Å². The van der Waals surface area contributed by atoms with E-state index in [9.17, 15) is 0 Å². The lowest BCUT2D eigenvalue weighted by atomic mass is 10.4. The lowest BCUT2D eigenvalue weighted by Gasteiger charge is -2.05. The Hall–Kier alpha value is -1.14. The monoisotopic (exact) mass is 287 g/mol. The van der Waals surface area contributed by atoms with E-state index in [-0.39, 0.29) is 0 Å². The molecule has 0 radical (unpaired) electrons. The third-order valence-corrected chi connectivity index (χ3v) is 2.51. The van der Waals surface area contributed by atoms with Gasteiger partial charge in [0.2, 0.25) is 0 Å². The van der Waals surface area contributed by atoms with Crippen molar-refractivity contribution < 1.29 is 0 Å². The fraction of sp³-hybridized carbons (Fsp3) is 0.125. The van der Waals surface area contributed by atoms with Gasteiger partial charge in [-0.3, -0.25) is 5.10 Å². The van der Waals surface area contributed by atoms with Gasteiger partial charge < -0.3 is 5.32 Å². The summed E-state index contributed by atoms with van der Waals surface area (Å²) in [5, 5.41) is 10.2. The van der Waals surface area contributed by atoms with Crippen LogP contribution in [-0.4, -0.2) is 20.2 Å². The predicted molar refractivity (Wildman–Crippen MR) is 60.7 cm³/mol. The summed E-state index contributed by atoms with van der Waals surface area (Å²) in [7, 11) is 0. The molecule has 0 amide bonds. The Balaban J connectivity index is 2.05. The van der Waals surface area contributed by atoms with Crippen molar-refractivity contribution in [3.8, 4) is 0 Å². The third-order valence-electron chi connectivity index (χ3n) is 1.70. The van der Waals surface area contributed by atoms with E-state index in [1.165, 1.54) is 6.33 Å². The number of halogens is 2. The van der Waals surface area contributed by atoms with Crippen LogP contribution in [0.5, 0.6) is 0 Å². The zero-order valence-electron chi connectivity index (χ0n) is 7.54. The lowest BCUT2D eigenvalue weighted by molar-refractivity contribution is 0.946. The number of H-pyrrole nitrogens is 1. The summed E-state index contributed by atoms with van der Waals surface area (Å²) in [6.07, 6.45) is 3.04. The highest BCUT2D eigenvalue weighted by molar-refractivity contribution is 9.10. The lowest BCUT2D eigenvalue weighted by Crippen LogP contribution is -2.03. The van der Waals surface area contributed by atoms with Gasteiger partial charge in [-0.2, -0.15) is 5.10 Å². The van der Waals surface area contributed by atoms with Crippen molar-refractivity contribution in [3.05, 3.63) is 33.9 Å². The van der Waals surface area contributed by atoms with Crippen molar-refractivity contribution in [2.24, 2.45) is 0 Å². The summed E-state index contributed by atoms with van der Waals surface area (Å²) < 4.78 is 0.814. The summed E-state index contributed by atoms with van der Waals surface area (Å²) >= 11 is 9.12. The van der Waals surface area contributed by atoms with E-state index >= 15 is 0 Å². The van der Waals surface area contributed by atoms with Crippen molar-refractivity contribution in [3.63, 3.8) is 0 Å². The summed E-state index contributed by atoms with van der Waals surface area (Å²) in [5.74, 6) is 1.47. The number of rotatable bonds is 3. The topological polar surface area (TPSA) is 66.5 Å². The van der Waals surface area contributed by atoms with E-state index in [4.69, 9.17) is 11.6 Å². The van der Waals surface area contributed by atoms with Crippen molar-refractivity contribution >= 4 is 33.3 Å². The zero-order chi connectivity index (χ0) is 10.7. The molecule has 0 fully saturated rings. The van der Waals surface area contributed by atoms with Crippen LogP contribution in [0, 0.1) is 0 Å². The van der Waals surface area contributed by atoms with E-state index in [2.05, 4.69) is 41.4 Å². The molecule has 0 atom stereocenters. The number of pyridine rings is 1. The highest BCUT2D eigenvalue weighted by Crippen LogP contribution is 2.23. The quantitative estimate of drug-likeness (QED) is 0.909. The van der Waals surface area contributed by atoms with Gasteiger partial charge in [0, 0.05) is 6.20 Å². The molecule has 0 saturated heterocycles. The minimum absolute atomic E-state index is 0.535. The van der Waals surface area contributed by atoms with Crippen LogP contribution in [-0.2, 0) is 6.54 Å². The second-order valence-corrected chi connectivity index (χ2v) is 4.06. The highest BCUT2D eigenvalue weighted by atomic mass is 79.9. The first-order valence-corrected chi connectivity index (χ1v) is 5.32. The van der Waals surface area contributed by atoms with E-state index in [0.717, 1.165) is 16.1 Å². The Morgan fingerprint density at radius 3 is 3.00 bits per heavy atom. The molecule has 2 rings (SSSR count). The highest BCUT2D eigenvalue weighted by Gasteiger charge is 2.02. The second-order valence-electron chi connectivity index (χ2n) is 2.77. The zero-order valence-corrected chi connectivity index (χ0v) is 9.88. The standard InChI is InChI=1S/C8H7BrClN5/c9-6-1-5(10)2-11-8(6)12-3-7-13-4-14-15-7/h1-2,4H,3H2,(H,11,12)(H,13,14,15). The minimum atomic E-state index is 0.535. The molecule has 0 aliphatic heterocycles. The summed E-state index contributed by atoms with van der Waals surface area (Å²) in [4.78, 5) is 8.11. The molecular formula is C8H7BrClN5. The maximum Gasteiger partial charge on any atom is 0.143 e. The van der Waals surface area contributed by atoms with Crippen LogP contribution in [0.15, 0.2) is 23.1 Å². The maximum absolute atomic E-state index is 5.77. The van der Waals surface area contributed by atoms with Crippen molar-refractivity contribution in [2.75, 3.05) is 5.32 Å². The van der Waals surface area contributed by atoms with Gasteiger partial charge in [0.15, 0.2) is 0 Å². The number of aromatic nitrogens is 4. The first-order chi connectivity index (χ1) is 7.25. The summed E-state index contributed by atoms with van der Waals surface area (Å²) in [6, 6.07) is 1.78. The molecule has 0 aromatic carbocycles. The number of nitrogens with zero attached hydrogens (tertiary/aromatic N) is 3. The number of aromatic amines is 1. The van der Waals surface area contributed by atoms with Crippen LogP contribution in [0.2, 0.25) is 5.02 Å². The van der Waals surface area contributed by atoms with Crippen LogP contribution in [0.1, 0.15) is 5.82 Å². The van der Waals surface area contributed by atoms with Crippen molar-refractivity contribution in [1.82, 2.24) is 20.2 Å². The van der Waals surface area contributed by atoms with Crippen molar-refractivity contribution in [1.29, 1.82) is 0 Å². The molecule has 78 valence electrons. The SMILES string of the molecule is Clc1cnc(NCc2ncn[nH]2)c(Br)c1. The number of nitrogens with one attached hydrogen (secondary N) is 2. The number of hydrogen-bond donors (Lipinski definition) is 2. The molecule has 5 nitrogen and oxygen atoms in total. The van der Waals surface area contributed by atoms with E-state index in [1.54, 1.807) is 12.3 Å². The molecule has 0 aliphatic carbocycles. The largest absolute Gasteiger partial charge is 0.362 e. The molecule has 15 heavy (non-hydrogen) atoms. The Morgan fingerprint density at radius 1 is 1.47 bits per heavy atom. The molecule has 2 aromatic rings. The van der Waals surface area contributed by atoms with Crippen LogP contribution in [0.25, 0.3) is 0 Å². The predicted octanol–water partition coefficient (Wildman–Crippen LogP) is 2.23. The van der Waals surface area contributed by atoms with Gasteiger partial charge in [-0.05, 0) is 22.0 Å². The normalized spacial score (nSPS) is 10.3. The first-order valence-electron chi connectivity index (χ1n) is 4.15. The van der Waals surface area contributed by atoms with Crippen LogP contribution < -0.4 is 5.32 Å². The Labute approximate surface area is 99.4 Å². The first kappa shape index (κ1) is 10.4. The van der Waals surface area contributed by atoms with E-state index in [1.807, 2.05) is 0 Å². The van der Waals surface area contributed by atoms with Gasteiger partial charge in [0.1, 0.15) is 18.0 Å². The molecule has 0 bridgehead atoms. The molecule has 0 unspecified atom stereocenters. The van der Waals surface area contributed by atoms with E-state index in [0.29, 0.717) is 11.6 Å². The maximum atomic E-state index is 5.77. The molecule has 2 N–H and O–H groups in total. The molecule has 0 spiro atoms. The number of hydrogen-bond acceptors (Lipinski definition) is 4. The van der Waals surface area contributed by atoms with Gasteiger partial charge in [0.05, 0.1) is 16.0 Å². The molecule has 7 heteroatoms. The van der Waals surface area contributed by atoms with Crippen LogP contribution in [0.4, 0.5) is 5.82 Å². The third kappa shape index (κ3) is 2.66. The molecule has 2 heterocycles. The molecule has 0 aliphatic rings. The fourth-order valence-electron chi connectivity index (χ4n) is 1.03. The molecule has 2 aromatic heterocycles. The van der Waals surface area contributed by atoms with Crippen LogP contribution in [0.3, 0.4) is 0 Å². The van der Waals surface area contributed by atoms with Gasteiger partial charge in [-0.25, -0.2) is 9.97 Å². The summed E-state index contributed by atoms with van der Waals surface area (Å²) in [6.45, 7) is 0.535. The Kier molecular flexibility index (Phi) is 3.17. The second kappa shape index (κ2) is 4.59. The Morgan fingerprint density at radius 2 is 2.33 bits per heavy atom.